The summed E-state index contributed by atoms with van der Waals surface area (Å²) in [7, 11) is 1.56. The van der Waals surface area contributed by atoms with Gasteiger partial charge in [0.25, 0.3) is 5.91 Å². The number of amides is 2. The Hall–Kier alpha value is -3.35. The zero-order valence-corrected chi connectivity index (χ0v) is 15.8. The van der Waals surface area contributed by atoms with Crippen LogP contribution in [0.2, 0.25) is 0 Å². The van der Waals surface area contributed by atoms with E-state index in [0.29, 0.717) is 11.4 Å². The average Bonchev–Trinajstić information content (AvgIpc) is 3.08. The second-order valence-corrected chi connectivity index (χ2v) is 6.63. The Kier molecular flexibility index (Phi) is 5.93. The first-order valence-corrected chi connectivity index (χ1v) is 8.94. The van der Waals surface area contributed by atoms with Crippen LogP contribution in [-0.2, 0) is 19.1 Å². The second-order valence-electron chi connectivity index (χ2n) is 6.63. The van der Waals surface area contributed by atoms with Crippen molar-refractivity contribution < 1.29 is 23.9 Å². The summed E-state index contributed by atoms with van der Waals surface area (Å²) >= 11 is 0. The smallest absolute Gasteiger partial charge is 0.311 e. The largest absolute Gasteiger partial charge is 0.497 e. The zero-order chi connectivity index (χ0) is 20.1. The first-order valence-electron chi connectivity index (χ1n) is 8.94. The van der Waals surface area contributed by atoms with Crippen molar-refractivity contribution in [1.29, 1.82) is 0 Å². The monoisotopic (exact) mass is 382 g/mol. The molecule has 0 aromatic heterocycles. The van der Waals surface area contributed by atoms with E-state index in [-0.39, 0.29) is 18.9 Å². The first-order chi connectivity index (χ1) is 13.5. The van der Waals surface area contributed by atoms with Crippen LogP contribution in [0.15, 0.2) is 48.5 Å². The van der Waals surface area contributed by atoms with Gasteiger partial charge in [0.15, 0.2) is 6.61 Å². The summed E-state index contributed by atoms with van der Waals surface area (Å²) < 4.78 is 10.2. The van der Waals surface area contributed by atoms with Crippen LogP contribution in [0.25, 0.3) is 0 Å². The first kappa shape index (κ1) is 19.4. The van der Waals surface area contributed by atoms with E-state index in [2.05, 4.69) is 5.32 Å². The van der Waals surface area contributed by atoms with Crippen LogP contribution in [0.3, 0.4) is 0 Å². The van der Waals surface area contributed by atoms with Gasteiger partial charge in [0.2, 0.25) is 5.91 Å². The maximum atomic E-state index is 12.3. The summed E-state index contributed by atoms with van der Waals surface area (Å²) in [6, 6.07) is 14.3. The Morgan fingerprint density at radius 1 is 1.18 bits per heavy atom. The number of aryl methyl sites for hydroxylation is 1. The molecule has 1 fully saturated rings. The highest BCUT2D eigenvalue weighted by Crippen LogP contribution is 2.26. The molecule has 0 radical (unpaired) electrons. The van der Waals surface area contributed by atoms with Crippen molar-refractivity contribution in [2.75, 3.05) is 30.5 Å². The van der Waals surface area contributed by atoms with E-state index in [9.17, 15) is 14.4 Å². The van der Waals surface area contributed by atoms with Crippen molar-refractivity contribution in [3.63, 3.8) is 0 Å². The van der Waals surface area contributed by atoms with E-state index in [4.69, 9.17) is 9.47 Å². The predicted molar refractivity (Wildman–Crippen MR) is 104 cm³/mol. The molecule has 1 aliphatic heterocycles. The molecule has 0 spiro atoms. The number of nitrogens with zero attached hydrogens (tertiary/aromatic N) is 1. The molecule has 0 bridgehead atoms. The summed E-state index contributed by atoms with van der Waals surface area (Å²) in [5, 5.41) is 2.64. The fraction of sp³-hybridized carbons (Fsp3) is 0.286. The number of methoxy groups -OCH3 is 1. The van der Waals surface area contributed by atoms with Crippen LogP contribution in [-0.4, -0.2) is 38.0 Å². The summed E-state index contributed by atoms with van der Waals surface area (Å²) in [5.74, 6) is -1.03. The zero-order valence-electron chi connectivity index (χ0n) is 15.8. The van der Waals surface area contributed by atoms with Crippen LogP contribution in [0.4, 0.5) is 11.4 Å². The molecule has 7 nitrogen and oxygen atoms in total. The van der Waals surface area contributed by atoms with Gasteiger partial charge >= 0.3 is 5.97 Å². The summed E-state index contributed by atoms with van der Waals surface area (Å²) in [4.78, 5) is 38.1. The molecule has 1 atom stereocenters. The molecule has 0 unspecified atom stereocenters. The number of hydrogen-bond donors (Lipinski definition) is 1. The lowest BCUT2D eigenvalue weighted by Gasteiger charge is -2.17. The lowest BCUT2D eigenvalue weighted by Crippen LogP contribution is -2.28. The summed E-state index contributed by atoms with van der Waals surface area (Å²) in [6.07, 6.45) is 0.0763. The fourth-order valence-corrected chi connectivity index (χ4v) is 3.04. The molecule has 1 aliphatic rings. The molecule has 7 heteroatoms. The number of carbonyl (C=O) groups is 3. The van der Waals surface area contributed by atoms with Gasteiger partial charge in [0, 0.05) is 24.3 Å². The number of ether oxygens (including phenoxy) is 2. The molecule has 1 heterocycles. The molecule has 146 valence electrons. The van der Waals surface area contributed by atoms with Crippen LogP contribution < -0.4 is 15.0 Å². The topological polar surface area (TPSA) is 84.9 Å². The van der Waals surface area contributed by atoms with Crippen LogP contribution in [0.5, 0.6) is 5.75 Å². The molecular formula is C21H22N2O5. The highest BCUT2D eigenvalue weighted by Gasteiger charge is 2.36. The highest BCUT2D eigenvalue weighted by atomic mass is 16.5. The Bertz CT molecular complexity index is 879. The summed E-state index contributed by atoms with van der Waals surface area (Å²) in [6.45, 7) is 1.79. The van der Waals surface area contributed by atoms with Gasteiger partial charge in [-0.3, -0.25) is 14.4 Å². The van der Waals surface area contributed by atoms with E-state index >= 15 is 0 Å². The maximum absolute atomic E-state index is 12.3. The van der Waals surface area contributed by atoms with Gasteiger partial charge in [0.05, 0.1) is 13.0 Å². The quantitative estimate of drug-likeness (QED) is 0.776. The number of rotatable bonds is 6. The lowest BCUT2D eigenvalue weighted by atomic mass is 10.1. The molecule has 28 heavy (non-hydrogen) atoms. The van der Waals surface area contributed by atoms with Gasteiger partial charge in [-0.05, 0) is 48.9 Å². The third-order valence-corrected chi connectivity index (χ3v) is 4.49. The minimum absolute atomic E-state index is 0.0763. The van der Waals surface area contributed by atoms with Crippen molar-refractivity contribution in [2.45, 2.75) is 13.3 Å². The van der Waals surface area contributed by atoms with Crippen molar-refractivity contribution >= 4 is 29.2 Å². The number of esters is 1. The predicted octanol–water partition coefficient (Wildman–Crippen LogP) is 2.54. The number of anilines is 2. The van der Waals surface area contributed by atoms with Crippen molar-refractivity contribution in [2.24, 2.45) is 5.92 Å². The third-order valence-electron chi connectivity index (χ3n) is 4.49. The molecule has 1 saturated heterocycles. The minimum atomic E-state index is -0.582. The molecule has 0 saturated carbocycles. The van der Waals surface area contributed by atoms with Crippen LogP contribution in [0, 0.1) is 12.8 Å². The van der Waals surface area contributed by atoms with Crippen molar-refractivity contribution in [3.05, 3.63) is 54.1 Å². The number of carbonyl (C=O) groups excluding carboxylic acids is 3. The van der Waals surface area contributed by atoms with E-state index in [1.54, 1.807) is 36.3 Å². The van der Waals surface area contributed by atoms with E-state index < -0.39 is 24.4 Å². The number of benzene rings is 2. The average molecular weight is 382 g/mol. The number of nitrogens with one attached hydrogen (secondary N) is 1. The van der Waals surface area contributed by atoms with Crippen LogP contribution >= 0.6 is 0 Å². The van der Waals surface area contributed by atoms with Crippen molar-refractivity contribution in [1.82, 2.24) is 0 Å². The van der Waals surface area contributed by atoms with E-state index in [0.717, 1.165) is 11.3 Å². The standard InChI is InChI=1S/C21H22N2O5/c1-14-4-3-5-17(10-14)23-12-15(11-20(23)25)21(26)28-13-19(24)22-16-6-8-18(27-2)9-7-16/h3-10,15H,11-13H2,1-2H3,(H,22,24)/t15-/m0/s1. The molecule has 1 N–H and O–H groups in total. The third kappa shape index (κ3) is 4.68. The van der Waals surface area contributed by atoms with E-state index in [1.807, 2.05) is 31.2 Å². The molecule has 0 aliphatic carbocycles. The molecule has 2 aromatic carbocycles. The second kappa shape index (κ2) is 8.56. The molecule has 2 amide bonds. The lowest BCUT2D eigenvalue weighted by molar-refractivity contribution is -0.151. The molecule has 2 aromatic rings. The van der Waals surface area contributed by atoms with Gasteiger partial charge in [-0.1, -0.05) is 12.1 Å². The van der Waals surface area contributed by atoms with Gasteiger partial charge in [0.1, 0.15) is 5.75 Å². The minimum Gasteiger partial charge on any atom is -0.497 e. The highest BCUT2D eigenvalue weighted by molar-refractivity contribution is 6.00. The van der Waals surface area contributed by atoms with Gasteiger partial charge in [-0.25, -0.2) is 0 Å². The summed E-state index contributed by atoms with van der Waals surface area (Å²) in [5.41, 5.74) is 2.37. The normalized spacial score (nSPS) is 16.0. The SMILES string of the molecule is COc1ccc(NC(=O)COC(=O)[C@H]2CC(=O)N(c3cccc(C)c3)C2)cc1. The van der Waals surface area contributed by atoms with E-state index in [1.165, 1.54) is 0 Å². The number of hydrogen-bond acceptors (Lipinski definition) is 5. The fourth-order valence-electron chi connectivity index (χ4n) is 3.04. The van der Waals surface area contributed by atoms with Gasteiger partial charge < -0.3 is 19.7 Å². The van der Waals surface area contributed by atoms with Crippen molar-refractivity contribution in [3.8, 4) is 5.75 Å². The maximum Gasteiger partial charge on any atom is 0.311 e. The Morgan fingerprint density at radius 3 is 2.61 bits per heavy atom. The Labute approximate surface area is 163 Å². The van der Waals surface area contributed by atoms with Crippen LogP contribution in [0.1, 0.15) is 12.0 Å². The Morgan fingerprint density at radius 2 is 1.93 bits per heavy atom. The Balaban J connectivity index is 1.50. The molecular weight excluding hydrogens is 360 g/mol. The molecule has 3 rings (SSSR count). The van der Waals surface area contributed by atoms with Gasteiger partial charge in [-0.2, -0.15) is 0 Å². The van der Waals surface area contributed by atoms with Gasteiger partial charge in [-0.15, -0.1) is 0 Å².